The molecule has 1 unspecified atom stereocenters. The molecule has 0 saturated heterocycles. The molecule has 1 N–H and O–H groups in total. The molecule has 0 aliphatic heterocycles. The zero-order valence-electron chi connectivity index (χ0n) is 20.6. The summed E-state index contributed by atoms with van der Waals surface area (Å²) >= 11 is 1.20. The van der Waals surface area contributed by atoms with Gasteiger partial charge in [0.15, 0.2) is 5.78 Å². The number of benzene rings is 2. The molecular formula is C27H32N2O4S. The molecule has 0 bridgehead atoms. The molecule has 1 amide bonds. The summed E-state index contributed by atoms with van der Waals surface area (Å²) in [5.74, 6) is 0.268. The number of ether oxygens (including phenoxy) is 1. The Labute approximate surface area is 203 Å². The predicted octanol–water partition coefficient (Wildman–Crippen LogP) is 3.21. The second kappa shape index (κ2) is 10.4. The number of nitrogens with zero attached hydrogens (tertiary/aromatic N) is 1. The van der Waals surface area contributed by atoms with Gasteiger partial charge in [0, 0.05) is 23.1 Å². The predicted molar refractivity (Wildman–Crippen MR) is 139 cm³/mol. The number of nitrogens with one attached hydrogen (secondary N) is 1. The number of rotatable bonds is 7. The summed E-state index contributed by atoms with van der Waals surface area (Å²) in [6.07, 6.45) is 4.04. The maximum Gasteiger partial charge on any atom is 0.269 e. The van der Waals surface area contributed by atoms with Crippen molar-refractivity contribution in [3.63, 3.8) is 0 Å². The molecule has 34 heavy (non-hydrogen) atoms. The molecular weight excluding hydrogens is 448 g/mol. The van der Waals surface area contributed by atoms with Gasteiger partial charge in [-0.05, 0) is 36.3 Å². The molecule has 0 fully saturated rings. The van der Waals surface area contributed by atoms with Gasteiger partial charge >= 0.3 is 0 Å². The van der Waals surface area contributed by atoms with Crippen molar-refractivity contribution >= 4 is 46.0 Å². The van der Waals surface area contributed by atoms with Gasteiger partial charge in [-0.2, -0.15) is 0 Å². The third kappa shape index (κ3) is 5.65. The van der Waals surface area contributed by atoms with E-state index in [1.54, 1.807) is 13.2 Å². The van der Waals surface area contributed by atoms with Crippen molar-refractivity contribution in [3.8, 4) is 5.75 Å². The van der Waals surface area contributed by atoms with Crippen LogP contribution >= 0.6 is 11.3 Å². The molecule has 3 rings (SSSR count). The Morgan fingerprint density at radius 2 is 1.88 bits per heavy atom. The summed E-state index contributed by atoms with van der Waals surface area (Å²) in [5.41, 5.74) is -0.136. The fourth-order valence-corrected chi connectivity index (χ4v) is 4.44. The van der Waals surface area contributed by atoms with E-state index in [0.717, 1.165) is 22.8 Å². The normalized spacial score (nSPS) is 13.8. The number of methoxy groups -OCH3 is 1. The van der Waals surface area contributed by atoms with Gasteiger partial charge in [-0.1, -0.05) is 58.0 Å². The van der Waals surface area contributed by atoms with Gasteiger partial charge < -0.3 is 10.1 Å². The van der Waals surface area contributed by atoms with E-state index in [9.17, 15) is 14.4 Å². The van der Waals surface area contributed by atoms with Crippen LogP contribution in [0.2, 0.25) is 0 Å². The van der Waals surface area contributed by atoms with E-state index in [1.807, 2.05) is 71.0 Å². The summed E-state index contributed by atoms with van der Waals surface area (Å²) in [6, 6.07) is 11.7. The highest BCUT2D eigenvalue weighted by molar-refractivity contribution is 7.07. The average molecular weight is 481 g/mol. The third-order valence-electron chi connectivity index (χ3n) is 5.68. The van der Waals surface area contributed by atoms with Crippen LogP contribution in [0.5, 0.6) is 5.75 Å². The highest BCUT2D eigenvalue weighted by Crippen LogP contribution is 2.28. The molecule has 0 saturated carbocycles. The first kappa shape index (κ1) is 25.4. The summed E-state index contributed by atoms with van der Waals surface area (Å²) in [4.78, 5) is 38.8. The topological polar surface area (TPSA) is 77.4 Å². The number of hydrogen-bond donors (Lipinski definition) is 1. The molecule has 1 aromatic heterocycles. The van der Waals surface area contributed by atoms with Gasteiger partial charge in [-0.3, -0.25) is 19.0 Å². The minimum atomic E-state index is -0.605. The molecule has 2 aromatic carbocycles. The van der Waals surface area contributed by atoms with Gasteiger partial charge in [-0.25, -0.2) is 0 Å². The summed E-state index contributed by atoms with van der Waals surface area (Å²) in [7, 11) is 1.59. The molecule has 6 nitrogen and oxygen atoms in total. The van der Waals surface area contributed by atoms with Gasteiger partial charge in [0.1, 0.15) is 17.0 Å². The quantitative estimate of drug-likeness (QED) is 0.563. The van der Waals surface area contributed by atoms with Crippen molar-refractivity contribution in [1.29, 1.82) is 0 Å². The van der Waals surface area contributed by atoms with Crippen LogP contribution in [0.15, 0.2) is 41.2 Å². The Balaban J connectivity index is 2.24. The largest absolute Gasteiger partial charge is 0.496 e. The van der Waals surface area contributed by atoms with Crippen LogP contribution in [-0.2, 0) is 16.1 Å². The van der Waals surface area contributed by atoms with Gasteiger partial charge in [0.25, 0.3) is 5.56 Å². The van der Waals surface area contributed by atoms with E-state index in [1.165, 1.54) is 22.0 Å². The van der Waals surface area contributed by atoms with Gasteiger partial charge in [0.05, 0.1) is 11.6 Å². The fraction of sp³-hybridized carbons (Fsp3) is 0.370. The van der Waals surface area contributed by atoms with Crippen molar-refractivity contribution in [2.45, 2.75) is 53.6 Å². The van der Waals surface area contributed by atoms with Crippen molar-refractivity contribution in [3.05, 3.63) is 61.5 Å². The van der Waals surface area contributed by atoms with Crippen LogP contribution in [0.1, 0.15) is 46.6 Å². The van der Waals surface area contributed by atoms with Crippen LogP contribution in [0.4, 0.5) is 0 Å². The van der Waals surface area contributed by atoms with Crippen molar-refractivity contribution < 1.29 is 14.3 Å². The third-order valence-corrected chi connectivity index (χ3v) is 6.74. The number of hydrogen-bond acceptors (Lipinski definition) is 5. The van der Waals surface area contributed by atoms with E-state index in [0.29, 0.717) is 14.9 Å². The SMILES string of the molecule is CCC(C)NC(=O)Cn1c(=CC(=O)C(C)(C)C)sc(=Cc2c(OC)ccc3ccccc23)c1=O. The van der Waals surface area contributed by atoms with Crippen LogP contribution in [-0.4, -0.2) is 29.4 Å². The van der Waals surface area contributed by atoms with E-state index in [4.69, 9.17) is 4.74 Å². The molecule has 0 radical (unpaired) electrons. The number of fused-ring (bicyclic) bond motifs is 1. The molecule has 3 aromatic rings. The lowest BCUT2D eigenvalue weighted by Crippen LogP contribution is -2.41. The number of Topliss-reactive ketones (excluding diaryl/α,β-unsaturated/α-hetero) is 1. The number of ketones is 1. The second-order valence-corrected chi connectivity index (χ2v) is 10.4. The highest BCUT2D eigenvalue weighted by Gasteiger charge is 2.20. The fourth-order valence-electron chi connectivity index (χ4n) is 3.42. The standard InChI is InChI=1S/C27H32N2O4S/c1-7-17(2)28-24(31)16-29-25(15-23(30)27(3,4)5)34-22(26(29)32)14-20-19-11-9-8-10-18(19)12-13-21(20)33-6/h8-15,17H,7,16H2,1-6H3,(H,28,31). The van der Waals surface area contributed by atoms with Gasteiger partial charge in [-0.15, -0.1) is 11.3 Å². The van der Waals surface area contributed by atoms with Gasteiger partial charge in [0.2, 0.25) is 5.91 Å². The van der Waals surface area contributed by atoms with Crippen LogP contribution in [0.3, 0.4) is 0 Å². The van der Waals surface area contributed by atoms with Crippen molar-refractivity contribution in [1.82, 2.24) is 9.88 Å². The molecule has 0 aliphatic rings. The Bertz CT molecular complexity index is 1390. The van der Waals surface area contributed by atoms with Crippen LogP contribution in [0.25, 0.3) is 22.9 Å². The average Bonchev–Trinajstić information content (AvgIpc) is 3.07. The van der Waals surface area contributed by atoms with E-state index < -0.39 is 5.41 Å². The number of aromatic nitrogens is 1. The maximum atomic E-state index is 13.4. The van der Waals surface area contributed by atoms with Crippen LogP contribution < -0.4 is 24.8 Å². The lowest BCUT2D eigenvalue weighted by atomic mass is 9.91. The van der Waals surface area contributed by atoms with Crippen molar-refractivity contribution in [2.24, 2.45) is 5.41 Å². The van der Waals surface area contributed by atoms with E-state index in [2.05, 4.69) is 5.32 Å². The van der Waals surface area contributed by atoms with Crippen molar-refractivity contribution in [2.75, 3.05) is 7.11 Å². The smallest absolute Gasteiger partial charge is 0.269 e. The molecule has 0 spiro atoms. The van der Waals surface area contributed by atoms with E-state index in [-0.39, 0.29) is 29.8 Å². The van der Waals surface area contributed by atoms with E-state index >= 15 is 0 Å². The monoisotopic (exact) mass is 480 g/mol. The molecule has 0 aliphatic carbocycles. The van der Waals surface area contributed by atoms with Crippen LogP contribution in [0, 0.1) is 5.41 Å². The first-order valence-electron chi connectivity index (χ1n) is 11.4. The Morgan fingerprint density at radius 3 is 2.53 bits per heavy atom. The second-order valence-electron chi connectivity index (χ2n) is 9.38. The number of carbonyl (C=O) groups excluding carboxylic acids is 2. The Kier molecular flexibility index (Phi) is 7.77. The summed E-state index contributed by atoms with van der Waals surface area (Å²) < 4.78 is 7.84. The minimum Gasteiger partial charge on any atom is -0.496 e. The lowest BCUT2D eigenvalue weighted by molar-refractivity contribution is -0.122. The molecule has 1 atom stereocenters. The zero-order valence-corrected chi connectivity index (χ0v) is 21.4. The first-order valence-corrected chi connectivity index (χ1v) is 12.2. The lowest BCUT2D eigenvalue weighted by Gasteiger charge is -2.13. The highest BCUT2D eigenvalue weighted by atomic mass is 32.1. The minimum absolute atomic E-state index is 0.00329. The number of carbonyl (C=O) groups is 2. The number of amides is 1. The Morgan fingerprint density at radius 1 is 1.18 bits per heavy atom. The number of thiazole rings is 1. The first-order chi connectivity index (χ1) is 16.0. The summed E-state index contributed by atoms with van der Waals surface area (Å²) in [5, 5.41) is 4.87. The zero-order chi connectivity index (χ0) is 25.0. The molecule has 1 heterocycles. The molecule has 180 valence electrons. The Hall–Kier alpha value is -3.19. The molecule has 7 heteroatoms. The summed E-state index contributed by atoms with van der Waals surface area (Å²) in [6.45, 7) is 9.22. The maximum absolute atomic E-state index is 13.4.